The van der Waals surface area contributed by atoms with Gasteiger partial charge >= 0.3 is 0 Å². The van der Waals surface area contributed by atoms with Crippen molar-refractivity contribution in [1.29, 1.82) is 0 Å². The van der Waals surface area contributed by atoms with Gasteiger partial charge in [0, 0.05) is 0 Å². The molecule has 0 saturated heterocycles. The molecule has 0 amide bonds. The van der Waals surface area contributed by atoms with Crippen molar-refractivity contribution in [2.75, 3.05) is 6.61 Å². The average Bonchev–Trinajstić information content (AvgIpc) is 2.20. The van der Waals surface area contributed by atoms with Crippen LogP contribution in [0, 0.1) is 13.8 Å². The Morgan fingerprint density at radius 1 is 1.06 bits per heavy atom. The fourth-order valence-electron chi connectivity index (χ4n) is 1.93. The minimum absolute atomic E-state index is 0.206. The van der Waals surface area contributed by atoms with Crippen LogP contribution in [-0.2, 0) is 5.41 Å². The molecule has 0 bridgehead atoms. The van der Waals surface area contributed by atoms with E-state index in [1.807, 2.05) is 0 Å². The van der Waals surface area contributed by atoms with E-state index in [0.717, 1.165) is 18.8 Å². The van der Waals surface area contributed by atoms with Gasteiger partial charge in [-0.15, -0.1) is 0 Å². The van der Waals surface area contributed by atoms with Crippen molar-refractivity contribution >= 4 is 0 Å². The maximum Gasteiger partial charge on any atom is 0.125 e. The number of ether oxygens (including phenoxy) is 1. The Kier molecular flexibility index (Phi) is 4.62. The minimum atomic E-state index is 0.206. The molecule has 1 heteroatoms. The van der Waals surface area contributed by atoms with Gasteiger partial charge in [-0.2, -0.15) is 0 Å². The molecule has 0 unspecified atom stereocenters. The predicted molar refractivity (Wildman–Crippen MR) is 75.0 cm³/mol. The zero-order valence-electron chi connectivity index (χ0n) is 12.2. The average molecular weight is 234 g/mol. The molecule has 0 heterocycles. The van der Waals surface area contributed by atoms with Crippen LogP contribution in [0.25, 0.3) is 0 Å². The van der Waals surface area contributed by atoms with E-state index in [2.05, 4.69) is 53.7 Å². The summed E-state index contributed by atoms with van der Waals surface area (Å²) in [5.74, 6) is 1.08. The highest BCUT2D eigenvalue weighted by molar-refractivity contribution is 5.45. The van der Waals surface area contributed by atoms with E-state index in [1.165, 1.54) is 23.1 Å². The molecule has 1 aromatic rings. The third-order valence-corrected chi connectivity index (χ3v) is 3.07. The summed E-state index contributed by atoms with van der Waals surface area (Å²) in [7, 11) is 0. The van der Waals surface area contributed by atoms with E-state index in [-0.39, 0.29) is 5.41 Å². The highest BCUT2D eigenvalue weighted by Crippen LogP contribution is 2.31. The van der Waals surface area contributed by atoms with Crippen molar-refractivity contribution in [3.8, 4) is 5.75 Å². The molecule has 0 aliphatic carbocycles. The van der Waals surface area contributed by atoms with Crippen molar-refractivity contribution in [3.05, 3.63) is 28.8 Å². The van der Waals surface area contributed by atoms with Crippen LogP contribution in [0.4, 0.5) is 0 Å². The van der Waals surface area contributed by atoms with Gasteiger partial charge in [0.15, 0.2) is 0 Å². The van der Waals surface area contributed by atoms with E-state index in [1.54, 1.807) is 0 Å². The van der Waals surface area contributed by atoms with E-state index >= 15 is 0 Å². The second-order valence-electron chi connectivity index (χ2n) is 5.89. The van der Waals surface area contributed by atoms with Crippen LogP contribution in [0.2, 0.25) is 0 Å². The fourth-order valence-corrected chi connectivity index (χ4v) is 1.93. The van der Waals surface area contributed by atoms with Crippen LogP contribution in [0.1, 0.15) is 57.2 Å². The number of hydrogen-bond acceptors (Lipinski definition) is 1. The van der Waals surface area contributed by atoms with Gasteiger partial charge in [0.05, 0.1) is 6.61 Å². The van der Waals surface area contributed by atoms with Crippen LogP contribution < -0.4 is 4.74 Å². The van der Waals surface area contributed by atoms with Crippen molar-refractivity contribution in [2.24, 2.45) is 0 Å². The highest BCUT2D eigenvalue weighted by atomic mass is 16.5. The molecule has 1 rings (SSSR count). The van der Waals surface area contributed by atoms with Crippen molar-refractivity contribution in [2.45, 2.75) is 59.8 Å². The molecule has 1 aromatic carbocycles. The first-order chi connectivity index (χ1) is 7.86. The zero-order valence-corrected chi connectivity index (χ0v) is 12.2. The Bertz CT molecular complexity index is 349. The molecule has 0 atom stereocenters. The molecular formula is C16H26O. The fraction of sp³-hybridized carbons (Fsp3) is 0.625. The second kappa shape index (κ2) is 5.57. The summed E-state index contributed by atoms with van der Waals surface area (Å²) in [6.45, 7) is 14.0. The Balaban J connectivity index is 2.95. The Hall–Kier alpha value is -0.980. The third kappa shape index (κ3) is 3.76. The van der Waals surface area contributed by atoms with Gasteiger partial charge in [-0.3, -0.25) is 0 Å². The maximum atomic E-state index is 5.88. The van der Waals surface area contributed by atoms with Crippen molar-refractivity contribution in [1.82, 2.24) is 0 Å². The number of unbranched alkanes of at least 4 members (excludes halogenated alkanes) is 1. The largest absolute Gasteiger partial charge is 0.493 e. The number of aryl methyl sites for hydroxylation is 2. The van der Waals surface area contributed by atoms with Gasteiger partial charge in [-0.05, 0) is 42.4 Å². The van der Waals surface area contributed by atoms with Crippen molar-refractivity contribution < 1.29 is 4.74 Å². The van der Waals surface area contributed by atoms with Crippen LogP contribution >= 0.6 is 0 Å². The Morgan fingerprint density at radius 2 is 1.59 bits per heavy atom. The summed E-state index contributed by atoms with van der Waals surface area (Å²) >= 11 is 0. The van der Waals surface area contributed by atoms with E-state index in [9.17, 15) is 0 Å². The Labute approximate surface area is 106 Å². The topological polar surface area (TPSA) is 9.23 Å². The normalized spacial score (nSPS) is 11.6. The quantitative estimate of drug-likeness (QED) is 0.681. The van der Waals surface area contributed by atoms with Gasteiger partial charge in [0.25, 0.3) is 0 Å². The van der Waals surface area contributed by atoms with Gasteiger partial charge in [0.2, 0.25) is 0 Å². The maximum absolute atomic E-state index is 5.88. The van der Waals surface area contributed by atoms with Crippen molar-refractivity contribution in [3.63, 3.8) is 0 Å². The summed E-state index contributed by atoms with van der Waals surface area (Å²) < 4.78 is 5.88. The predicted octanol–water partition coefficient (Wildman–Crippen LogP) is 4.78. The smallest absolute Gasteiger partial charge is 0.125 e. The molecule has 0 N–H and O–H groups in total. The monoisotopic (exact) mass is 234 g/mol. The molecule has 0 fully saturated rings. The lowest BCUT2D eigenvalue weighted by Gasteiger charge is -2.22. The molecule has 0 aliphatic rings. The zero-order chi connectivity index (χ0) is 13.1. The van der Waals surface area contributed by atoms with Crippen LogP contribution in [-0.4, -0.2) is 6.61 Å². The molecule has 0 saturated carbocycles. The lowest BCUT2D eigenvalue weighted by atomic mass is 9.85. The molecule has 1 nitrogen and oxygen atoms in total. The lowest BCUT2D eigenvalue weighted by Crippen LogP contribution is -2.12. The molecule has 0 aromatic heterocycles. The summed E-state index contributed by atoms with van der Waals surface area (Å²) in [5, 5.41) is 0. The first-order valence-corrected chi connectivity index (χ1v) is 6.60. The van der Waals surface area contributed by atoms with Crippen LogP contribution in [0.5, 0.6) is 5.75 Å². The molecule has 17 heavy (non-hydrogen) atoms. The second-order valence-corrected chi connectivity index (χ2v) is 5.89. The SMILES string of the molecule is CCCCOc1c(C)cc(C(C)(C)C)cc1C. The summed E-state index contributed by atoms with van der Waals surface area (Å²) in [4.78, 5) is 0. The first-order valence-electron chi connectivity index (χ1n) is 6.60. The van der Waals surface area contributed by atoms with E-state index in [4.69, 9.17) is 4.74 Å². The van der Waals surface area contributed by atoms with Gasteiger partial charge in [0.1, 0.15) is 5.75 Å². The summed E-state index contributed by atoms with van der Waals surface area (Å²) in [5.41, 5.74) is 4.10. The van der Waals surface area contributed by atoms with Crippen LogP contribution in [0.15, 0.2) is 12.1 Å². The van der Waals surface area contributed by atoms with Gasteiger partial charge in [-0.25, -0.2) is 0 Å². The van der Waals surface area contributed by atoms with Gasteiger partial charge in [-0.1, -0.05) is 46.2 Å². The highest BCUT2D eigenvalue weighted by Gasteiger charge is 2.16. The summed E-state index contributed by atoms with van der Waals surface area (Å²) in [6.07, 6.45) is 2.30. The number of hydrogen-bond donors (Lipinski definition) is 0. The molecule has 96 valence electrons. The lowest BCUT2D eigenvalue weighted by molar-refractivity contribution is 0.305. The first kappa shape index (κ1) is 14.1. The molecular weight excluding hydrogens is 208 g/mol. The van der Waals surface area contributed by atoms with E-state index in [0.29, 0.717) is 0 Å². The third-order valence-electron chi connectivity index (χ3n) is 3.07. The minimum Gasteiger partial charge on any atom is -0.493 e. The number of rotatable bonds is 4. The summed E-state index contributed by atoms with van der Waals surface area (Å²) in [6, 6.07) is 4.52. The molecule has 0 radical (unpaired) electrons. The number of benzene rings is 1. The van der Waals surface area contributed by atoms with E-state index < -0.39 is 0 Å². The molecule has 0 spiro atoms. The van der Waals surface area contributed by atoms with Crippen LogP contribution in [0.3, 0.4) is 0 Å². The Morgan fingerprint density at radius 3 is 2.00 bits per heavy atom. The standard InChI is InChI=1S/C16H26O/c1-7-8-9-17-15-12(2)10-14(11-13(15)3)16(4,5)6/h10-11H,7-9H2,1-6H3. The molecule has 0 aliphatic heterocycles. The van der Waals surface area contributed by atoms with Gasteiger partial charge < -0.3 is 4.74 Å².